The SMILES string of the molecule is CO[Si](CCO)(CCC1CCC(O)C(O)C1)O[Si](C)(C)c1ccccc1. The average Bonchev–Trinajstić information content (AvgIpc) is 2.63. The highest BCUT2D eigenvalue weighted by atomic mass is 28.4. The number of hydrogen-bond donors (Lipinski definition) is 3. The van der Waals surface area contributed by atoms with Crippen molar-refractivity contribution in [3.8, 4) is 0 Å². The van der Waals surface area contributed by atoms with Gasteiger partial charge in [-0.15, -0.1) is 0 Å². The number of hydrogen-bond acceptors (Lipinski definition) is 5. The van der Waals surface area contributed by atoms with Crippen LogP contribution in [0.3, 0.4) is 0 Å². The van der Waals surface area contributed by atoms with Gasteiger partial charge in [0.2, 0.25) is 8.32 Å². The lowest BCUT2D eigenvalue weighted by Crippen LogP contribution is -2.56. The highest BCUT2D eigenvalue weighted by Crippen LogP contribution is 2.33. The van der Waals surface area contributed by atoms with Gasteiger partial charge >= 0.3 is 8.56 Å². The minimum Gasteiger partial charge on any atom is -0.432 e. The van der Waals surface area contributed by atoms with Gasteiger partial charge in [-0.05, 0) is 55.9 Å². The van der Waals surface area contributed by atoms with Crippen LogP contribution in [0.2, 0.25) is 25.2 Å². The summed E-state index contributed by atoms with van der Waals surface area (Å²) in [6, 6.07) is 11.7. The number of aliphatic hydroxyl groups is 3. The van der Waals surface area contributed by atoms with Crippen molar-refractivity contribution in [2.24, 2.45) is 5.92 Å². The normalized spacial score (nSPS) is 26.5. The summed E-state index contributed by atoms with van der Waals surface area (Å²) in [5, 5.41) is 30.5. The van der Waals surface area contributed by atoms with Crippen LogP contribution in [-0.4, -0.2) is 58.1 Å². The molecule has 1 aromatic rings. The molecule has 5 nitrogen and oxygen atoms in total. The van der Waals surface area contributed by atoms with Crippen LogP contribution in [0.15, 0.2) is 30.3 Å². The van der Waals surface area contributed by atoms with Gasteiger partial charge in [-0.1, -0.05) is 30.3 Å². The van der Waals surface area contributed by atoms with Crippen LogP contribution in [0.5, 0.6) is 0 Å². The van der Waals surface area contributed by atoms with E-state index in [2.05, 4.69) is 25.2 Å². The predicted octanol–water partition coefficient (Wildman–Crippen LogP) is 2.11. The van der Waals surface area contributed by atoms with E-state index >= 15 is 0 Å². The molecule has 0 aromatic heterocycles. The third-order valence-corrected chi connectivity index (χ3v) is 13.6. The Morgan fingerprint density at radius 3 is 2.31 bits per heavy atom. The van der Waals surface area contributed by atoms with Gasteiger partial charge in [0.05, 0.1) is 12.2 Å². The molecule has 4 atom stereocenters. The molecule has 1 fully saturated rings. The van der Waals surface area contributed by atoms with Crippen LogP contribution >= 0.6 is 0 Å². The van der Waals surface area contributed by atoms with Crippen LogP contribution in [0, 0.1) is 5.92 Å². The molecule has 0 spiro atoms. The maximum atomic E-state index is 9.94. The van der Waals surface area contributed by atoms with Crippen molar-refractivity contribution >= 4 is 22.1 Å². The lowest BCUT2D eigenvalue weighted by Gasteiger charge is -2.38. The first kappa shape index (κ1) is 21.8. The van der Waals surface area contributed by atoms with Crippen molar-refractivity contribution < 1.29 is 23.9 Å². The van der Waals surface area contributed by atoms with Gasteiger partial charge in [0.25, 0.3) is 0 Å². The fourth-order valence-corrected chi connectivity index (χ4v) is 12.1. The lowest BCUT2D eigenvalue weighted by molar-refractivity contribution is -0.0260. The molecule has 0 radical (unpaired) electrons. The molecule has 0 amide bonds. The van der Waals surface area contributed by atoms with Crippen LogP contribution in [0.25, 0.3) is 0 Å². The zero-order chi connectivity index (χ0) is 19.2. The van der Waals surface area contributed by atoms with Crippen molar-refractivity contribution in [1.29, 1.82) is 0 Å². The van der Waals surface area contributed by atoms with Crippen LogP contribution in [-0.2, 0) is 8.54 Å². The Morgan fingerprint density at radius 2 is 1.73 bits per heavy atom. The third kappa shape index (κ3) is 5.72. The number of rotatable bonds is 9. The molecule has 0 bridgehead atoms. The molecule has 1 aliphatic carbocycles. The zero-order valence-corrected chi connectivity index (χ0v) is 18.2. The van der Waals surface area contributed by atoms with Crippen molar-refractivity contribution in [3.63, 3.8) is 0 Å². The van der Waals surface area contributed by atoms with Crippen molar-refractivity contribution in [2.45, 2.75) is 63.1 Å². The summed E-state index contributed by atoms with van der Waals surface area (Å²) in [6.07, 6.45) is 1.90. The third-order valence-electron chi connectivity index (χ3n) is 5.60. The smallest absolute Gasteiger partial charge is 0.330 e. The van der Waals surface area contributed by atoms with E-state index in [1.165, 1.54) is 5.19 Å². The summed E-state index contributed by atoms with van der Waals surface area (Å²) in [5.41, 5.74) is 0. The largest absolute Gasteiger partial charge is 0.432 e. The summed E-state index contributed by atoms with van der Waals surface area (Å²) in [5.74, 6) is 0.374. The standard InChI is InChI=1S/C19H34O5Si2/c1-23-26(14-12-20,13-11-16-9-10-18(21)19(22)15-16)24-25(2,3)17-7-5-4-6-8-17/h4-8,16,18-22H,9-15H2,1-3H3. The molecule has 0 saturated heterocycles. The molecule has 26 heavy (non-hydrogen) atoms. The van der Waals surface area contributed by atoms with E-state index in [1.54, 1.807) is 7.11 Å². The molecule has 4 unspecified atom stereocenters. The number of benzene rings is 1. The molecule has 1 aliphatic rings. The fraction of sp³-hybridized carbons (Fsp3) is 0.684. The molecular weight excluding hydrogens is 364 g/mol. The lowest BCUT2D eigenvalue weighted by atomic mass is 9.84. The molecule has 1 saturated carbocycles. The number of aliphatic hydroxyl groups excluding tert-OH is 3. The van der Waals surface area contributed by atoms with E-state index in [4.69, 9.17) is 8.54 Å². The molecule has 3 N–H and O–H groups in total. The second-order valence-corrected chi connectivity index (χ2v) is 15.6. The van der Waals surface area contributed by atoms with Crippen LogP contribution < -0.4 is 5.19 Å². The molecular formula is C19H34O5Si2. The van der Waals surface area contributed by atoms with Crippen molar-refractivity contribution in [2.75, 3.05) is 13.7 Å². The first-order valence-corrected chi connectivity index (χ1v) is 14.7. The first-order valence-electron chi connectivity index (χ1n) is 9.60. The van der Waals surface area contributed by atoms with Gasteiger partial charge < -0.3 is 23.9 Å². The van der Waals surface area contributed by atoms with Gasteiger partial charge in [-0.25, -0.2) is 0 Å². The molecule has 0 aliphatic heterocycles. The second-order valence-electron chi connectivity index (χ2n) is 7.92. The minimum absolute atomic E-state index is 0.0609. The van der Waals surface area contributed by atoms with Gasteiger partial charge in [0, 0.05) is 19.8 Å². The summed E-state index contributed by atoms with van der Waals surface area (Å²) in [6.45, 7) is 4.42. The van der Waals surface area contributed by atoms with Crippen LogP contribution in [0.1, 0.15) is 25.7 Å². The van der Waals surface area contributed by atoms with Gasteiger partial charge in [-0.3, -0.25) is 0 Å². The van der Waals surface area contributed by atoms with E-state index in [1.807, 2.05) is 18.2 Å². The topological polar surface area (TPSA) is 79.2 Å². The highest BCUT2D eigenvalue weighted by Gasteiger charge is 2.43. The summed E-state index contributed by atoms with van der Waals surface area (Å²) in [4.78, 5) is 0. The Kier molecular flexibility index (Phi) is 8.02. The molecule has 0 heterocycles. The Labute approximate surface area is 159 Å². The van der Waals surface area contributed by atoms with Crippen LogP contribution in [0.4, 0.5) is 0 Å². The maximum absolute atomic E-state index is 9.94. The van der Waals surface area contributed by atoms with Crippen molar-refractivity contribution in [3.05, 3.63) is 30.3 Å². The Morgan fingerprint density at radius 1 is 1.04 bits per heavy atom. The molecule has 1 aromatic carbocycles. The van der Waals surface area contributed by atoms with E-state index in [0.717, 1.165) is 18.9 Å². The predicted molar refractivity (Wildman–Crippen MR) is 108 cm³/mol. The fourth-order valence-electron chi connectivity index (χ4n) is 3.91. The van der Waals surface area contributed by atoms with E-state index in [0.29, 0.717) is 24.8 Å². The summed E-state index contributed by atoms with van der Waals surface area (Å²) in [7, 11) is -2.99. The molecule has 148 valence electrons. The van der Waals surface area contributed by atoms with Gasteiger partial charge in [-0.2, -0.15) is 0 Å². The highest BCUT2D eigenvalue weighted by molar-refractivity contribution is 6.91. The quantitative estimate of drug-likeness (QED) is 0.555. The molecule has 7 heteroatoms. The Hall–Kier alpha value is -0.546. The second kappa shape index (κ2) is 9.59. The van der Waals surface area contributed by atoms with E-state index in [9.17, 15) is 15.3 Å². The van der Waals surface area contributed by atoms with E-state index in [-0.39, 0.29) is 6.61 Å². The Balaban J connectivity index is 2.07. The summed E-state index contributed by atoms with van der Waals surface area (Å²) >= 11 is 0. The average molecular weight is 399 g/mol. The molecule has 2 rings (SSSR count). The zero-order valence-electron chi connectivity index (χ0n) is 16.2. The van der Waals surface area contributed by atoms with Gasteiger partial charge in [0.1, 0.15) is 0 Å². The summed E-state index contributed by atoms with van der Waals surface area (Å²) < 4.78 is 12.7. The maximum Gasteiger partial charge on any atom is 0.330 e. The van der Waals surface area contributed by atoms with E-state index < -0.39 is 29.1 Å². The van der Waals surface area contributed by atoms with Gasteiger partial charge in [0.15, 0.2) is 0 Å². The first-order chi connectivity index (χ1) is 12.3. The monoisotopic (exact) mass is 398 g/mol. The van der Waals surface area contributed by atoms with Crippen molar-refractivity contribution in [1.82, 2.24) is 0 Å². The Bertz CT molecular complexity index is 542. The minimum atomic E-state index is -2.54.